The predicted molar refractivity (Wildman–Crippen MR) is 76.4 cm³/mol. The molecule has 0 aliphatic rings. The highest BCUT2D eigenvalue weighted by Crippen LogP contribution is 2.13. The van der Waals surface area contributed by atoms with Gasteiger partial charge in [-0.05, 0) is 37.5 Å². The molecule has 0 aliphatic carbocycles. The predicted octanol–water partition coefficient (Wildman–Crippen LogP) is 2.61. The Balaban J connectivity index is 2.36. The Morgan fingerprint density at radius 3 is 2.83 bits per heavy atom. The number of nitrogens with zero attached hydrogens (tertiary/aromatic N) is 1. The van der Waals surface area contributed by atoms with Crippen LogP contribution in [0, 0.1) is 0 Å². The molecule has 4 heteroatoms. The van der Waals surface area contributed by atoms with E-state index in [1.165, 1.54) is 0 Å². The van der Waals surface area contributed by atoms with Crippen molar-refractivity contribution in [1.29, 1.82) is 0 Å². The van der Waals surface area contributed by atoms with Gasteiger partial charge in [-0.2, -0.15) is 0 Å². The molecular formula is C14H20BrNO2. The van der Waals surface area contributed by atoms with Crippen LogP contribution < -0.4 is 0 Å². The molecule has 1 amide bonds. The number of aliphatic hydroxyl groups excluding tert-OH is 1. The van der Waals surface area contributed by atoms with Gasteiger partial charge < -0.3 is 10.0 Å². The Morgan fingerprint density at radius 1 is 1.50 bits per heavy atom. The van der Waals surface area contributed by atoms with Gasteiger partial charge in [-0.1, -0.05) is 28.1 Å². The van der Waals surface area contributed by atoms with E-state index in [0.717, 1.165) is 16.5 Å². The van der Waals surface area contributed by atoms with Gasteiger partial charge in [-0.25, -0.2) is 0 Å². The van der Waals surface area contributed by atoms with Gasteiger partial charge in [0.2, 0.25) is 5.91 Å². The van der Waals surface area contributed by atoms with Crippen molar-refractivity contribution >= 4 is 21.8 Å². The van der Waals surface area contributed by atoms with Crippen LogP contribution in [0.15, 0.2) is 28.7 Å². The van der Waals surface area contributed by atoms with Crippen LogP contribution >= 0.6 is 15.9 Å². The molecule has 100 valence electrons. The zero-order valence-corrected chi connectivity index (χ0v) is 12.5. The average Bonchev–Trinajstić information content (AvgIpc) is 2.33. The third kappa shape index (κ3) is 5.65. The molecule has 0 heterocycles. The molecule has 1 unspecified atom stereocenters. The Kier molecular flexibility index (Phi) is 6.36. The van der Waals surface area contributed by atoms with Gasteiger partial charge in [0.05, 0.1) is 6.10 Å². The summed E-state index contributed by atoms with van der Waals surface area (Å²) in [4.78, 5) is 13.5. The molecular weight excluding hydrogens is 294 g/mol. The molecule has 1 atom stereocenters. The third-order valence-corrected chi connectivity index (χ3v) is 3.32. The lowest BCUT2D eigenvalue weighted by atomic mass is 10.1. The van der Waals surface area contributed by atoms with Gasteiger partial charge in [-0.3, -0.25) is 4.79 Å². The lowest BCUT2D eigenvalue weighted by Gasteiger charge is -2.18. The normalized spacial score (nSPS) is 12.2. The second kappa shape index (κ2) is 7.54. The minimum absolute atomic E-state index is 0.121. The van der Waals surface area contributed by atoms with Gasteiger partial charge in [0, 0.05) is 24.5 Å². The molecule has 0 saturated carbocycles. The first-order valence-electron chi connectivity index (χ1n) is 6.15. The van der Waals surface area contributed by atoms with E-state index >= 15 is 0 Å². The van der Waals surface area contributed by atoms with Crippen LogP contribution in [-0.4, -0.2) is 35.6 Å². The van der Waals surface area contributed by atoms with Gasteiger partial charge in [-0.15, -0.1) is 0 Å². The second-order valence-corrected chi connectivity index (χ2v) is 5.50. The van der Waals surface area contributed by atoms with Crippen molar-refractivity contribution in [1.82, 2.24) is 4.90 Å². The molecule has 1 aromatic carbocycles. The maximum absolute atomic E-state index is 11.8. The molecule has 1 aromatic rings. The molecule has 0 radical (unpaired) electrons. The third-order valence-electron chi connectivity index (χ3n) is 2.82. The standard InChI is InChI=1S/C14H20BrNO2/c1-11(17)8-9-16(2)14(18)7-6-12-4-3-5-13(15)10-12/h3-5,10-11,17H,6-9H2,1-2H3. The van der Waals surface area contributed by atoms with E-state index in [-0.39, 0.29) is 12.0 Å². The molecule has 18 heavy (non-hydrogen) atoms. The van der Waals surface area contributed by atoms with Crippen molar-refractivity contribution in [3.05, 3.63) is 34.3 Å². The SMILES string of the molecule is CC(O)CCN(C)C(=O)CCc1cccc(Br)c1. The van der Waals surface area contributed by atoms with E-state index in [0.29, 0.717) is 19.4 Å². The summed E-state index contributed by atoms with van der Waals surface area (Å²) in [5.41, 5.74) is 1.15. The smallest absolute Gasteiger partial charge is 0.222 e. The monoisotopic (exact) mass is 313 g/mol. The maximum Gasteiger partial charge on any atom is 0.222 e. The van der Waals surface area contributed by atoms with Crippen LogP contribution in [0.5, 0.6) is 0 Å². The number of hydrogen-bond acceptors (Lipinski definition) is 2. The summed E-state index contributed by atoms with van der Waals surface area (Å²) in [6.45, 7) is 2.34. The first-order chi connectivity index (χ1) is 8.49. The number of aliphatic hydroxyl groups is 1. The highest BCUT2D eigenvalue weighted by Gasteiger charge is 2.09. The fourth-order valence-corrected chi connectivity index (χ4v) is 2.09. The van der Waals surface area contributed by atoms with Crippen molar-refractivity contribution in [3.63, 3.8) is 0 Å². The zero-order valence-electron chi connectivity index (χ0n) is 10.9. The van der Waals surface area contributed by atoms with Crippen LogP contribution in [0.2, 0.25) is 0 Å². The van der Waals surface area contributed by atoms with Gasteiger partial charge in [0.1, 0.15) is 0 Å². The number of aryl methyl sites for hydroxylation is 1. The Morgan fingerprint density at radius 2 is 2.22 bits per heavy atom. The van der Waals surface area contributed by atoms with E-state index in [1.807, 2.05) is 24.3 Å². The zero-order chi connectivity index (χ0) is 13.5. The van der Waals surface area contributed by atoms with E-state index < -0.39 is 0 Å². The molecule has 1 N–H and O–H groups in total. The van der Waals surface area contributed by atoms with Gasteiger partial charge in [0.15, 0.2) is 0 Å². The van der Waals surface area contributed by atoms with Crippen molar-refractivity contribution in [2.24, 2.45) is 0 Å². The van der Waals surface area contributed by atoms with Crippen molar-refractivity contribution in [3.8, 4) is 0 Å². The Hall–Kier alpha value is -0.870. The minimum atomic E-state index is -0.356. The fraction of sp³-hybridized carbons (Fsp3) is 0.500. The first kappa shape index (κ1) is 15.2. The van der Waals surface area contributed by atoms with E-state index in [9.17, 15) is 9.90 Å². The maximum atomic E-state index is 11.8. The first-order valence-corrected chi connectivity index (χ1v) is 6.95. The number of carbonyl (C=O) groups is 1. The van der Waals surface area contributed by atoms with Crippen LogP contribution in [0.25, 0.3) is 0 Å². The minimum Gasteiger partial charge on any atom is -0.393 e. The Bertz CT molecular complexity index is 393. The van der Waals surface area contributed by atoms with Crippen molar-refractivity contribution in [2.75, 3.05) is 13.6 Å². The number of benzene rings is 1. The second-order valence-electron chi connectivity index (χ2n) is 4.58. The summed E-state index contributed by atoms with van der Waals surface area (Å²) in [7, 11) is 1.78. The quantitative estimate of drug-likeness (QED) is 0.877. The highest BCUT2D eigenvalue weighted by molar-refractivity contribution is 9.10. The van der Waals surface area contributed by atoms with Crippen LogP contribution in [0.1, 0.15) is 25.3 Å². The molecule has 3 nitrogen and oxygen atoms in total. The van der Waals surface area contributed by atoms with E-state index in [4.69, 9.17) is 0 Å². The fourth-order valence-electron chi connectivity index (χ4n) is 1.64. The number of hydrogen-bond donors (Lipinski definition) is 1. The molecule has 0 aromatic heterocycles. The topological polar surface area (TPSA) is 40.5 Å². The largest absolute Gasteiger partial charge is 0.393 e. The summed E-state index contributed by atoms with van der Waals surface area (Å²) < 4.78 is 1.04. The molecule has 0 aliphatic heterocycles. The van der Waals surface area contributed by atoms with E-state index in [1.54, 1.807) is 18.9 Å². The van der Waals surface area contributed by atoms with E-state index in [2.05, 4.69) is 15.9 Å². The molecule has 0 bridgehead atoms. The van der Waals surface area contributed by atoms with Crippen molar-refractivity contribution < 1.29 is 9.90 Å². The highest BCUT2D eigenvalue weighted by atomic mass is 79.9. The summed E-state index contributed by atoms with van der Waals surface area (Å²) in [5.74, 6) is 0.121. The summed E-state index contributed by atoms with van der Waals surface area (Å²) >= 11 is 3.42. The molecule has 0 fully saturated rings. The molecule has 0 spiro atoms. The van der Waals surface area contributed by atoms with Gasteiger partial charge in [0.25, 0.3) is 0 Å². The number of halogens is 1. The number of rotatable bonds is 6. The van der Waals surface area contributed by atoms with Crippen LogP contribution in [0.3, 0.4) is 0 Å². The lowest BCUT2D eigenvalue weighted by Crippen LogP contribution is -2.29. The van der Waals surface area contributed by atoms with Crippen LogP contribution in [0.4, 0.5) is 0 Å². The summed E-state index contributed by atoms with van der Waals surface area (Å²) in [6.07, 6.45) is 1.52. The number of carbonyl (C=O) groups excluding carboxylic acids is 1. The average molecular weight is 314 g/mol. The molecule has 0 saturated heterocycles. The van der Waals surface area contributed by atoms with Crippen LogP contribution in [-0.2, 0) is 11.2 Å². The number of amides is 1. The Labute approximate surface area is 117 Å². The summed E-state index contributed by atoms with van der Waals surface area (Å²) in [5, 5.41) is 9.18. The molecule has 1 rings (SSSR count). The van der Waals surface area contributed by atoms with Gasteiger partial charge >= 0.3 is 0 Å². The van der Waals surface area contributed by atoms with Crippen molar-refractivity contribution in [2.45, 2.75) is 32.3 Å². The summed E-state index contributed by atoms with van der Waals surface area (Å²) in [6, 6.07) is 8.00. The lowest BCUT2D eigenvalue weighted by molar-refractivity contribution is -0.130.